The predicted octanol–water partition coefficient (Wildman–Crippen LogP) is 7.77. The van der Waals surface area contributed by atoms with Gasteiger partial charge in [0.05, 0.1) is 30.1 Å². The van der Waals surface area contributed by atoms with Crippen LogP contribution in [0.3, 0.4) is 0 Å². The van der Waals surface area contributed by atoms with E-state index in [1.54, 1.807) is 12.3 Å². The third-order valence-corrected chi connectivity index (χ3v) is 7.69. The van der Waals surface area contributed by atoms with Crippen LogP contribution in [-0.2, 0) is 6.42 Å². The van der Waals surface area contributed by atoms with Gasteiger partial charge in [-0.25, -0.2) is 15.0 Å². The number of pyridine rings is 1. The zero-order valence-electron chi connectivity index (χ0n) is 25.5. The van der Waals surface area contributed by atoms with E-state index in [1.807, 2.05) is 33.2 Å². The zero-order valence-corrected chi connectivity index (χ0v) is 25.5. The number of fused-ring (bicyclic) bond motifs is 1. The number of ether oxygens (including phenoxy) is 1. The molecule has 1 aromatic carbocycles. The lowest BCUT2D eigenvalue weighted by atomic mass is 9.86. The van der Waals surface area contributed by atoms with Gasteiger partial charge in [-0.1, -0.05) is 50.6 Å². The first-order chi connectivity index (χ1) is 20.5. The van der Waals surface area contributed by atoms with Crippen LogP contribution >= 0.6 is 0 Å². The molecule has 1 aliphatic carbocycles. The van der Waals surface area contributed by atoms with E-state index in [2.05, 4.69) is 51.4 Å². The second-order valence-electron chi connectivity index (χ2n) is 11.8. The van der Waals surface area contributed by atoms with Crippen molar-refractivity contribution in [2.75, 3.05) is 38.3 Å². The van der Waals surface area contributed by atoms with Crippen LogP contribution in [-0.4, -0.2) is 53.3 Å². The Hall–Kier alpha value is -3.66. The monoisotopic (exact) mass is 596 g/mol. The standard InChI is InChI=1S/C33H43F3N6O/c1-22-10-9-14-26(25-13-6-5-12-24(25)20-22)28-15-17-38-32(39-28)40-29-21-27(37)30(23(2)11-7-8-18-42(3)4)41-31(29)43-19-16-33(34,35)36/h5-6,12-15,17,21-23H,7-11,16,18-20,37H2,1-4H3,(H,38,39,40). The smallest absolute Gasteiger partial charge is 0.392 e. The molecule has 2 atom stereocenters. The third-order valence-electron chi connectivity index (χ3n) is 7.69. The van der Waals surface area contributed by atoms with E-state index >= 15 is 0 Å². The number of anilines is 3. The van der Waals surface area contributed by atoms with Crippen molar-refractivity contribution in [1.82, 2.24) is 19.9 Å². The number of alkyl halides is 3. The van der Waals surface area contributed by atoms with Crippen molar-refractivity contribution >= 4 is 22.9 Å². The topological polar surface area (TPSA) is 89.2 Å². The highest BCUT2D eigenvalue weighted by molar-refractivity contribution is 5.80. The quantitative estimate of drug-likeness (QED) is 0.207. The average molecular weight is 597 g/mol. The van der Waals surface area contributed by atoms with Crippen LogP contribution in [0.15, 0.2) is 48.7 Å². The molecule has 4 rings (SSSR count). The van der Waals surface area contributed by atoms with Gasteiger partial charge in [0.2, 0.25) is 11.8 Å². The molecule has 232 valence electrons. The lowest BCUT2D eigenvalue weighted by Gasteiger charge is -2.20. The maximum atomic E-state index is 12.9. The van der Waals surface area contributed by atoms with Crippen molar-refractivity contribution in [3.63, 3.8) is 0 Å². The van der Waals surface area contributed by atoms with Crippen LogP contribution in [0.25, 0.3) is 5.57 Å². The molecule has 43 heavy (non-hydrogen) atoms. The lowest BCUT2D eigenvalue weighted by Crippen LogP contribution is -2.15. The van der Waals surface area contributed by atoms with Crippen molar-refractivity contribution in [2.45, 2.75) is 70.9 Å². The van der Waals surface area contributed by atoms with Crippen LogP contribution < -0.4 is 15.8 Å². The summed E-state index contributed by atoms with van der Waals surface area (Å²) < 4.78 is 44.4. The number of nitrogen functional groups attached to an aromatic ring is 1. The SMILES string of the molecule is CC1CCC=C(c2ccnc(Nc3cc(N)c(C(C)CCCCN(C)C)nc3OCCC(F)(F)F)n2)c2ccccc2C1. The summed E-state index contributed by atoms with van der Waals surface area (Å²) in [5.41, 5.74) is 12.0. The van der Waals surface area contributed by atoms with E-state index < -0.39 is 19.2 Å². The van der Waals surface area contributed by atoms with Gasteiger partial charge in [-0.3, -0.25) is 0 Å². The first-order valence-electron chi connectivity index (χ1n) is 15.0. The van der Waals surface area contributed by atoms with Crippen LogP contribution in [0.1, 0.15) is 80.8 Å². The summed E-state index contributed by atoms with van der Waals surface area (Å²) in [7, 11) is 4.07. The van der Waals surface area contributed by atoms with Gasteiger partial charge in [-0.2, -0.15) is 13.2 Å². The predicted molar refractivity (Wildman–Crippen MR) is 167 cm³/mol. The lowest BCUT2D eigenvalue weighted by molar-refractivity contribution is -0.139. The Bertz CT molecular complexity index is 1390. The molecule has 0 spiro atoms. The zero-order chi connectivity index (χ0) is 31.0. The number of hydrogen-bond acceptors (Lipinski definition) is 7. The molecule has 0 aliphatic heterocycles. The molecule has 2 unspecified atom stereocenters. The minimum atomic E-state index is -4.35. The Morgan fingerprint density at radius 3 is 2.70 bits per heavy atom. The summed E-state index contributed by atoms with van der Waals surface area (Å²) in [6, 6.07) is 11.9. The number of halogens is 3. The summed E-state index contributed by atoms with van der Waals surface area (Å²) in [6.45, 7) is 4.71. The van der Waals surface area contributed by atoms with Crippen molar-refractivity contribution in [1.29, 1.82) is 0 Å². The summed E-state index contributed by atoms with van der Waals surface area (Å²) in [6.07, 6.45) is 4.31. The Morgan fingerprint density at radius 2 is 1.93 bits per heavy atom. The fraction of sp³-hybridized carbons (Fsp3) is 0.485. The van der Waals surface area contributed by atoms with Gasteiger partial charge in [0.15, 0.2) is 0 Å². The fourth-order valence-corrected chi connectivity index (χ4v) is 5.39. The molecular formula is C33H43F3N6O. The molecule has 2 aromatic heterocycles. The highest BCUT2D eigenvalue weighted by Gasteiger charge is 2.27. The summed E-state index contributed by atoms with van der Waals surface area (Å²) in [5, 5.41) is 3.13. The Balaban J connectivity index is 1.61. The number of rotatable bonds is 12. The molecule has 0 radical (unpaired) electrons. The van der Waals surface area contributed by atoms with E-state index in [0.29, 0.717) is 23.0 Å². The van der Waals surface area contributed by atoms with Gasteiger partial charge >= 0.3 is 6.18 Å². The molecule has 7 nitrogen and oxygen atoms in total. The van der Waals surface area contributed by atoms with Crippen LogP contribution in [0.2, 0.25) is 0 Å². The van der Waals surface area contributed by atoms with Crippen molar-refractivity contribution < 1.29 is 17.9 Å². The van der Waals surface area contributed by atoms with E-state index in [-0.39, 0.29) is 17.7 Å². The Morgan fingerprint density at radius 1 is 1.14 bits per heavy atom. The normalized spacial score (nSPS) is 16.2. The van der Waals surface area contributed by atoms with Crippen LogP contribution in [0.4, 0.5) is 30.5 Å². The largest absolute Gasteiger partial charge is 0.476 e. The second kappa shape index (κ2) is 14.7. The molecule has 0 fully saturated rings. The molecule has 2 heterocycles. The Labute approximate surface area is 252 Å². The fourth-order valence-electron chi connectivity index (χ4n) is 5.39. The first kappa shape index (κ1) is 32.3. The second-order valence-corrected chi connectivity index (χ2v) is 11.8. The number of hydrogen-bond donors (Lipinski definition) is 2. The van der Waals surface area contributed by atoms with Gasteiger partial charge < -0.3 is 20.7 Å². The highest BCUT2D eigenvalue weighted by Crippen LogP contribution is 2.35. The van der Waals surface area contributed by atoms with Gasteiger partial charge in [-0.05, 0) is 81.9 Å². The summed E-state index contributed by atoms with van der Waals surface area (Å²) in [4.78, 5) is 15.9. The van der Waals surface area contributed by atoms with Crippen LogP contribution in [0, 0.1) is 5.92 Å². The number of unbranched alkanes of at least 4 members (excludes halogenated alkanes) is 1. The molecule has 0 amide bonds. The van der Waals surface area contributed by atoms with E-state index in [1.165, 1.54) is 5.56 Å². The summed E-state index contributed by atoms with van der Waals surface area (Å²) >= 11 is 0. The number of nitrogens with two attached hydrogens (primary N) is 1. The molecule has 10 heteroatoms. The third kappa shape index (κ3) is 9.41. The molecule has 3 aromatic rings. The minimum absolute atomic E-state index is 0.00907. The van der Waals surface area contributed by atoms with Crippen molar-refractivity contribution in [3.05, 3.63) is 71.2 Å². The summed E-state index contributed by atoms with van der Waals surface area (Å²) in [5.74, 6) is 0.915. The molecule has 0 saturated heterocycles. The molecule has 3 N–H and O–H groups in total. The van der Waals surface area contributed by atoms with Gasteiger partial charge in [0, 0.05) is 17.7 Å². The molecule has 0 bridgehead atoms. The number of nitrogens with zero attached hydrogens (tertiary/aromatic N) is 4. The van der Waals surface area contributed by atoms with E-state index in [4.69, 9.17) is 15.5 Å². The first-order valence-corrected chi connectivity index (χ1v) is 15.0. The maximum absolute atomic E-state index is 12.9. The molecule has 0 saturated carbocycles. The average Bonchev–Trinajstić information content (AvgIpc) is 2.93. The van der Waals surface area contributed by atoms with Crippen molar-refractivity contribution in [3.8, 4) is 5.88 Å². The van der Waals surface area contributed by atoms with Crippen molar-refractivity contribution in [2.24, 2.45) is 5.92 Å². The van der Waals surface area contributed by atoms with E-state index in [0.717, 1.165) is 61.9 Å². The number of nitrogens with one attached hydrogen (secondary N) is 1. The Kier molecular flexibility index (Phi) is 11.0. The highest BCUT2D eigenvalue weighted by atomic mass is 19.4. The maximum Gasteiger partial charge on any atom is 0.392 e. The van der Waals surface area contributed by atoms with Gasteiger partial charge in [0.25, 0.3) is 0 Å². The number of aromatic nitrogens is 3. The number of allylic oxidation sites excluding steroid dienone is 1. The number of benzene rings is 1. The van der Waals surface area contributed by atoms with Gasteiger partial charge in [-0.15, -0.1) is 0 Å². The molecule has 1 aliphatic rings. The van der Waals surface area contributed by atoms with E-state index in [9.17, 15) is 13.2 Å². The van der Waals surface area contributed by atoms with Crippen LogP contribution in [0.5, 0.6) is 5.88 Å². The minimum Gasteiger partial charge on any atom is -0.476 e. The molecular weight excluding hydrogens is 553 g/mol. The van der Waals surface area contributed by atoms with Gasteiger partial charge in [0.1, 0.15) is 5.69 Å².